The predicted octanol–water partition coefficient (Wildman–Crippen LogP) is 4.23. The van der Waals surface area contributed by atoms with Gasteiger partial charge in [-0.25, -0.2) is 4.39 Å². The van der Waals surface area contributed by atoms with Gasteiger partial charge >= 0.3 is 0 Å². The van der Waals surface area contributed by atoms with Gasteiger partial charge < -0.3 is 5.32 Å². The molecular weight excluding hydrogens is 292 g/mol. The number of hydrogen-bond donors (Lipinski definition) is 1. The molecule has 1 aromatic rings. The SMILES string of the molecule is CCNC1CCCc2c(F)cc(Br)c(Cl)c21. The lowest BCUT2D eigenvalue weighted by Gasteiger charge is -2.28. The van der Waals surface area contributed by atoms with Crippen LogP contribution in [-0.2, 0) is 6.42 Å². The Morgan fingerprint density at radius 2 is 2.38 bits per heavy atom. The maximum Gasteiger partial charge on any atom is 0.127 e. The van der Waals surface area contributed by atoms with Crippen LogP contribution >= 0.6 is 27.5 Å². The minimum Gasteiger partial charge on any atom is -0.310 e. The van der Waals surface area contributed by atoms with E-state index in [2.05, 4.69) is 28.2 Å². The van der Waals surface area contributed by atoms with Gasteiger partial charge in [-0.1, -0.05) is 18.5 Å². The first kappa shape index (κ1) is 12.3. The van der Waals surface area contributed by atoms with E-state index in [9.17, 15) is 4.39 Å². The minimum atomic E-state index is -0.145. The number of nitrogens with one attached hydrogen (secondary N) is 1. The molecule has 88 valence electrons. The second-order valence-electron chi connectivity index (χ2n) is 4.05. The van der Waals surface area contributed by atoms with Crippen LogP contribution in [0.3, 0.4) is 0 Å². The van der Waals surface area contributed by atoms with Crippen LogP contribution in [0.5, 0.6) is 0 Å². The lowest BCUT2D eigenvalue weighted by Crippen LogP contribution is -2.26. The fourth-order valence-electron chi connectivity index (χ4n) is 2.35. The molecule has 0 spiro atoms. The number of benzene rings is 1. The fourth-order valence-corrected chi connectivity index (χ4v) is 3.06. The smallest absolute Gasteiger partial charge is 0.127 e. The van der Waals surface area contributed by atoms with Gasteiger partial charge in [0.25, 0.3) is 0 Å². The zero-order valence-electron chi connectivity index (χ0n) is 9.12. The number of fused-ring (bicyclic) bond motifs is 1. The average Bonchev–Trinajstić information content (AvgIpc) is 2.26. The van der Waals surface area contributed by atoms with Crippen molar-refractivity contribution < 1.29 is 4.39 Å². The van der Waals surface area contributed by atoms with Crippen molar-refractivity contribution in [3.63, 3.8) is 0 Å². The van der Waals surface area contributed by atoms with Crippen LogP contribution in [0, 0.1) is 5.82 Å². The third-order valence-electron chi connectivity index (χ3n) is 3.03. The molecule has 1 aliphatic carbocycles. The molecule has 0 heterocycles. The first-order valence-electron chi connectivity index (χ1n) is 5.54. The highest BCUT2D eigenvalue weighted by Gasteiger charge is 2.26. The van der Waals surface area contributed by atoms with Gasteiger partial charge in [0.2, 0.25) is 0 Å². The van der Waals surface area contributed by atoms with Crippen LogP contribution in [0.1, 0.15) is 36.9 Å². The van der Waals surface area contributed by atoms with Crippen LogP contribution < -0.4 is 5.32 Å². The van der Waals surface area contributed by atoms with Crippen LogP contribution in [0.2, 0.25) is 5.02 Å². The van der Waals surface area contributed by atoms with Gasteiger partial charge in [-0.15, -0.1) is 0 Å². The molecule has 0 aliphatic heterocycles. The zero-order chi connectivity index (χ0) is 11.7. The summed E-state index contributed by atoms with van der Waals surface area (Å²) in [5.41, 5.74) is 1.73. The molecule has 0 amide bonds. The van der Waals surface area contributed by atoms with Crippen LogP contribution in [0.25, 0.3) is 0 Å². The summed E-state index contributed by atoms with van der Waals surface area (Å²) in [6, 6.07) is 1.66. The van der Waals surface area contributed by atoms with Crippen molar-refractivity contribution in [3.8, 4) is 0 Å². The molecule has 0 saturated carbocycles. The normalized spacial score (nSPS) is 19.6. The Kier molecular flexibility index (Phi) is 3.88. The summed E-state index contributed by atoms with van der Waals surface area (Å²) in [4.78, 5) is 0. The summed E-state index contributed by atoms with van der Waals surface area (Å²) < 4.78 is 14.5. The molecule has 1 atom stereocenters. The zero-order valence-corrected chi connectivity index (χ0v) is 11.5. The number of halogens is 3. The molecule has 1 nitrogen and oxygen atoms in total. The van der Waals surface area contributed by atoms with E-state index in [1.807, 2.05) is 0 Å². The molecule has 1 aromatic carbocycles. The summed E-state index contributed by atoms with van der Waals surface area (Å²) in [5, 5.41) is 4.02. The van der Waals surface area contributed by atoms with Crippen molar-refractivity contribution in [1.29, 1.82) is 0 Å². The Balaban J connectivity index is 2.53. The van der Waals surface area contributed by atoms with Crippen molar-refractivity contribution in [2.75, 3.05) is 6.54 Å². The van der Waals surface area contributed by atoms with Gasteiger partial charge in [0.05, 0.1) is 5.02 Å². The highest BCUT2D eigenvalue weighted by molar-refractivity contribution is 9.10. The molecule has 0 fully saturated rings. The van der Waals surface area contributed by atoms with E-state index in [0.717, 1.165) is 36.9 Å². The van der Waals surface area contributed by atoms with Crippen molar-refractivity contribution >= 4 is 27.5 Å². The highest BCUT2D eigenvalue weighted by atomic mass is 79.9. The third kappa shape index (κ3) is 2.13. The van der Waals surface area contributed by atoms with E-state index in [1.54, 1.807) is 0 Å². The van der Waals surface area contributed by atoms with Gasteiger partial charge in [-0.2, -0.15) is 0 Å². The van der Waals surface area contributed by atoms with E-state index in [1.165, 1.54) is 6.07 Å². The van der Waals surface area contributed by atoms with Gasteiger partial charge in [-0.3, -0.25) is 0 Å². The maximum absolute atomic E-state index is 13.8. The Bertz CT molecular complexity index is 408. The van der Waals surface area contributed by atoms with Gasteiger partial charge in [0, 0.05) is 10.5 Å². The second-order valence-corrected chi connectivity index (χ2v) is 5.28. The van der Waals surface area contributed by atoms with Crippen LogP contribution in [-0.4, -0.2) is 6.54 Å². The van der Waals surface area contributed by atoms with E-state index < -0.39 is 0 Å². The number of rotatable bonds is 2. The molecule has 16 heavy (non-hydrogen) atoms. The summed E-state index contributed by atoms with van der Waals surface area (Å²) in [7, 11) is 0. The predicted molar refractivity (Wildman–Crippen MR) is 68.5 cm³/mol. The minimum absolute atomic E-state index is 0.145. The first-order chi connectivity index (χ1) is 7.65. The first-order valence-corrected chi connectivity index (χ1v) is 6.72. The van der Waals surface area contributed by atoms with Crippen molar-refractivity contribution in [2.24, 2.45) is 0 Å². The van der Waals surface area contributed by atoms with E-state index in [-0.39, 0.29) is 11.9 Å². The molecule has 1 unspecified atom stereocenters. The molecule has 0 radical (unpaired) electrons. The van der Waals surface area contributed by atoms with Gasteiger partial charge in [0.1, 0.15) is 5.82 Å². The van der Waals surface area contributed by atoms with Crippen molar-refractivity contribution in [2.45, 2.75) is 32.2 Å². The van der Waals surface area contributed by atoms with Crippen molar-refractivity contribution in [1.82, 2.24) is 5.32 Å². The third-order valence-corrected chi connectivity index (χ3v) is 4.29. The maximum atomic E-state index is 13.8. The summed E-state index contributed by atoms with van der Waals surface area (Å²) in [6.07, 6.45) is 2.83. The molecule has 1 N–H and O–H groups in total. The topological polar surface area (TPSA) is 12.0 Å². The standard InChI is InChI=1S/C12H14BrClFN/c1-2-16-10-5-3-4-7-9(15)6-8(13)12(14)11(7)10/h6,10,16H,2-5H2,1H3. The summed E-state index contributed by atoms with van der Waals surface area (Å²) >= 11 is 9.56. The molecule has 2 rings (SSSR count). The molecule has 0 bridgehead atoms. The Morgan fingerprint density at radius 3 is 3.06 bits per heavy atom. The average molecular weight is 307 g/mol. The lowest BCUT2D eigenvalue weighted by molar-refractivity contribution is 0.458. The molecule has 0 saturated heterocycles. The highest BCUT2D eigenvalue weighted by Crippen LogP contribution is 2.40. The Hall–Kier alpha value is -0.120. The van der Waals surface area contributed by atoms with Crippen molar-refractivity contribution in [3.05, 3.63) is 32.5 Å². The fraction of sp³-hybridized carbons (Fsp3) is 0.500. The molecule has 4 heteroatoms. The largest absolute Gasteiger partial charge is 0.310 e. The van der Waals surface area contributed by atoms with E-state index >= 15 is 0 Å². The van der Waals surface area contributed by atoms with Crippen LogP contribution in [0.4, 0.5) is 4.39 Å². The monoisotopic (exact) mass is 305 g/mol. The van der Waals surface area contributed by atoms with Gasteiger partial charge in [-0.05, 0) is 58.9 Å². The Morgan fingerprint density at radius 1 is 1.62 bits per heavy atom. The summed E-state index contributed by atoms with van der Waals surface area (Å²) in [5.74, 6) is -0.145. The van der Waals surface area contributed by atoms with Crippen LogP contribution in [0.15, 0.2) is 10.5 Å². The quantitative estimate of drug-likeness (QED) is 0.806. The van der Waals surface area contributed by atoms with E-state index in [4.69, 9.17) is 11.6 Å². The number of hydrogen-bond acceptors (Lipinski definition) is 1. The molecule has 1 aliphatic rings. The summed E-state index contributed by atoms with van der Waals surface area (Å²) in [6.45, 7) is 2.92. The lowest BCUT2D eigenvalue weighted by atomic mass is 9.87. The molecular formula is C12H14BrClFN. The van der Waals surface area contributed by atoms with E-state index in [0.29, 0.717) is 9.50 Å². The Labute approximate surface area is 109 Å². The second kappa shape index (κ2) is 5.03. The van der Waals surface area contributed by atoms with Gasteiger partial charge in [0.15, 0.2) is 0 Å². The molecule has 0 aromatic heterocycles.